The minimum absolute atomic E-state index is 0.0560. The molecule has 2 aromatic rings. The summed E-state index contributed by atoms with van der Waals surface area (Å²) in [6.07, 6.45) is 13.0. The van der Waals surface area contributed by atoms with E-state index in [1.54, 1.807) is 12.1 Å². The Balaban J connectivity index is 1.20. The number of aromatic nitrogens is 1. The Labute approximate surface area is 231 Å². The molecule has 39 heavy (non-hydrogen) atoms. The van der Waals surface area contributed by atoms with Gasteiger partial charge in [-0.3, -0.25) is 14.5 Å². The van der Waals surface area contributed by atoms with Crippen LogP contribution in [0.1, 0.15) is 76.7 Å². The first-order valence-corrected chi connectivity index (χ1v) is 14.8. The molecule has 3 fully saturated rings. The van der Waals surface area contributed by atoms with Gasteiger partial charge in [-0.05, 0) is 55.4 Å². The summed E-state index contributed by atoms with van der Waals surface area (Å²) in [6.45, 7) is 5.11. The normalized spacial score (nSPS) is 22.2. The zero-order chi connectivity index (χ0) is 27.2. The van der Waals surface area contributed by atoms with E-state index in [1.165, 1.54) is 44.5 Å². The van der Waals surface area contributed by atoms with Crippen molar-refractivity contribution in [2.75, 3.05) is 19.6 Å². The third-order valence-electron chi connectivity index (χ3n) is 8.83. The maximum Gasteiger partial charge on any atom is 0.246 e. The maximum absolute atomic E-state index is 13.7. The number of nitrogens with zero attached hydrogens (tertiary/aromatic N) is 3. The fraction of sp³-hybridized carbons (Fsp3) is 0.581. The van der Waals surface area contributed by atoms with Crippen molar-refractivity contribution in [1.29, 1.82) is 0 Å². The van der Waals surface area contributed by atoms with Gasteiger partial charge in [0.05, 0.1) is 0 Å². The number of pyridine rings is 1. The monoisotopic (exact) mass is 534 g/mol. The van der Waals surface area contributed by atoms with E-state index in [1.807, 2.05) is 29.2 Å². The van der Waals surface area contributed by atoms with Gasteiger partial charge in [0.15, 0.2) is 11.9 Å². The number of amides is 2. The molecule has 1 saturated carbocycles. The molecule has 1 aliphatic carbocycles. The number of rotatable bonds is 9. The fourth-order valence-corrected chi connectivity index (χ4v) is 6.56. The number of benzene rings is 1. The quantitative estimate of drug-likeness (QED) is 0.377. The first kappa shape index (κ1) is 27.4. The summed E-state index contributed by atoms with van der Waals surface area (Å²) in [7, 11) is 0. The van der Waals surface area contributed by atoms with Gasteiger partial charge in [-0.25, -0.2) is 0 Å². The highest BCUT2D eigenvalue weighted by molar-refractivity contribution is 6.00. The van der Waals surface area contributed by atoms with Gasteiger partial charge in [0.25, 0.3) is 0 Å². The summed E-state index contributed by atoms with van der Waals surface area (Å²) in [5.41, 5.74) is 0.433. The summed E-state index contributed by atoms with van der Waals surface area (Å²) in [5, 5.41) is 14.7. The molecule has 1 N–H and O–H groups in total. The van der Waals surface area contributed by atoms with Crippen molar-refractivity contribution in [3.05, 3.63) is 59.6 Å². The molecular weight excluding hydrogens is 492 g/mol. The zero-order valence-corrected chi connectivity index (χ0v) is 23.1. The topological polar surface area (TPSA) is 88.8 Å². The van der Waals surface area contributed by atoms with E-state index in [2.05, 4.69) is 17.1 Å². The van der Waals surface area contributed by atoms with Gasteiger partial charge < -0.3 is 20.2 Å². The van der Waals surface area contributed by atoms with Crippen LogP contribution >= 0.6 is 0 Å². The average Bonchev–Trinajstić information content (AvgIpc) is 2.94. The number of hydrogen-bond donors (Lipinski definition) is 1. The predicted molar refractivity (Wildman–Crippen MR) is 149 cm³/mol. The summed E-state index contributed by atoms with van der Waals surface area (Å²) < 4.78 is 6.50. The summed E-state index contributed by atoms with van der Waals surface area (Å²) in [4.78, 5) is 31.7. The smallest absolute Gasteiger partial charge is 0.246 e. The molecule has 8 heteroatoms. The van der Waals surface area contributed by atoms with E-state index in [-0.39, 0.29) is 17.9 Å². The SMILES string of the molecule is CCCCN1C(=O)C(CC2CCCCC2)NC(=O)C12CCN(Cc1ccc(Oc3ccc[n+]([O-])c3)cc1)CC2. The number of nitrogens with one attached hydrogen (secondary N) is 1. The van der Waals surface area contributed by atoms with Crippen molar-refractivity contribution in [2.45, 2.75) is 89.3 Å². The molecule has 1 atom stereocenters. The molecule has 0 radical (unpaired) electrons. The minimum Gasteiger partial charge on any atom is -0.619 e. The van der Waals surface area contributed by atoms with E-state index in [4.69, 9.17) is 4.74 Å². The van der Waals surface area contributed by atoms with Crippen LogP contribution in [-0.4, -0.2) is 52.8 Å². The highest BCUT2D eigenvalue weighted by Crippen LogP contribution is 2.36. The summed E-state index contributed by atoms with van der Waals surface area (Å²) in [6, 6.07) is 10.9. The number of likely N-dealkylation sites (tertiary alicyclic amines) is 1. The predicted octanol–water partition coefficient (Wildman–Crippen LogP) is 4.54. The number of hydrogen-bond acceptors (Lipinski definition) is 5. The standard InChI is InChI=1S/C31H42N4O4/c1-2-3-18-35-29(36)28(21-24-8-5-4-6-9-24)32-30(37)31(35)15-19-33(20-16-31)22-25-11-13-26(14-12-25)39-27-10-7-17-34(38)23-27/h7,10-14,17,23-24,28H,2-6,8-9,15-16,18-22H2,1H3,(H,32,37). The zero-order valence-electron chi connectivity index (χ0n) is 23.1. The van der Waals surface area contributed by atoms with Gasteiger partial charge in [0.2, 0.25) is 18.0 Å². The van der Waals surface area contributed by atoms with E-state index in [9.17, 15) is 14.8 Å². The van der Waals surface area contributed by atoms with E-state index in [0.29, 0.717) is 41.5 Å². The van der Waals surface area contributed by atoms with E-state index >= 15 is 0 Å². The second-order valence-electron chi connectivity index (χ2n) is 11.6. The Morgan fingerprint density at radius 2 is 1.79 bits per heavy atom. The van der Waals surface area contributed by atoms with Crippen LogP contribution in [0.5, 0.6) is 11.5 Å². The van der Waals surface area contributed by atoms with Crippen molar-refractivity contribution in [2.24, 2.45) is 5.92 Å². The lowest BCUT2D eigenvalue weighted by Gasteiger charge is -2.52. The second kappa shape index (κ2) is 12.4. The lowest BCUT2D eigenvalue weighted by molar-refractivity contribution is -0.605. The largest absolute Gasteiger partial charge is 0.619 e. The van der Waals surface area contributed by atoms with Crippen LogP contribution in [0.4, 0.5) is 0 Å². The lowest BCUT2D eigenvalue weighted by atomic mass is 9.79. The van der Waals surface area contributed by atoms with Crippen LogP contribution in [-0.2, 0) is 16.1 Å². The Bertz CT molecular complexity index is 1120. The molecule has 0 bridgehead atoms. The number of carbonyl (C=O) groups is 2. The van der Waals surface area contributed by atoms with Crippen molar-refractivity contribution in [3.63, 3.8) is 0 Å². The van der Waals surface area contributed by atoms with Crippen LogP contribution in [0.3, 0.4) is 0 Å². The van der Waals surface area contributed by atoms with Gasteiger partial charge in [-0.15, -0.1) is 0 Å². The molecule has 3 aliphatic rings. The van der Waals surface area contributed by atoms with Gasteiger partial charge in [-0.1, -0.05) is 57.6 Å². The second-order valence-corrected chi connectivity index (χ2v) is 11.6. The van der Waals surface area contributed by atoms with Gasteiger partial charge >= 0.3 is 0 Å². The molecule has 2 amide bonds. The lowest BCUT2D eigenvalue weighted by Crippen LogP contribution is -2.73. The van der Waals surface area contributed by atoms with E-state index < -0.39 is 5.54 Å². The summed E-state index contributed by atoms with van der Waals surface area (Å²) >= 11 is 0. The number of piperazine rings is 1. The molecule has 3 heterocycles. The Morgan fingerprint density at radius 3 is 2.49 bits per heavy atom. The number of ether oxygens (including phenoxy) is 1. The molecule has 1 aromatic carbocycles. The molecule has 2 aliphatic heterocycles. The van der Waals surface area contributed by atoms with Gasteiger partial charge in [0.1, 0.15) is 17.3 Å². The Kier molecular flexibility index (Phi) is 8.70. The van der Waals surface area contributed by atoms with Crippen molar-refractivity contribution in [3.8, 4) is 11.5 Å². The van der Waals surface area contributed by atoms with Crippen LogP contribution < -0.4 is 14.8 Å². The molecular formula is C31H42N4O4. The van der Waals surface area contributed by atoms with Crippen molar-refractivity contribution in [1.82, 2.24) is 15.1 Å². The Hall–Kier alpha value is -3.13. The average molecular weight is 535 g/mol. The molecule has 2 saturated heterocycles. The number of piperidine rings is 1. The van der Waals surface area contributed by atoms with Crippen LogP contribution in [0.2, 0.25) is 0 Å². The first-order chi connectivity index (χ1) is 19.0. The van der Waals surface area contributed by atoms with Crippen LogP contribution in [0.15, 0.2) is 48.8 Å². The molecule has 5 rings (SSSR count). The molecule has 8 nitrogen and oxygen atoms in total. The van der Waals surface area contributed by atoms with Gasteiger partial charge in [-0.2, -0.15) is 4.73 Å². The van der Waals surface area contributed by atoms with Crippen LogP contribution in [0.25, 0.3) is 0 Å². The highest BCUT2D eigenvalue weighted by atomic mass is 16.5. The van der Waals surface area contributed by atoms with Crippen molar-refractivity contribution < 1.29 is 19.1 Å². The molecule has 1 unspecified atom stereocenters. The van der Waals surface area contributed by atoms with Crippen molar-refractivity contribution >= 4 is 11.8 Å². The van der Waals surface area contributed by atoms with Crippen LogP contribution in [0, 0.1) is 11.1 Å². The molecule has 1 aromatic heterocycles. The Morgan fingerprint density at radius 1 is 1.05 bits per heavy atom. The highest BCUT2D eigenvalue weighted by Gasteiger charge is 2.53. The fourth-order valence-electron chi connectivity index (χ4n) is 6.56. The molecule has 210 valence electrons. The first-order valence-electron chi connectivity index (χ1n) is 14.8. The third kappa shape index (κ3) is 6.38. The van der Waals surface area contributed by atoms with Gasteiger partial charge in [0, 0.05) is 32.2 Å². The van der Waals surface area contributed by atoms with E-state index in [0.717, 1.165) is 44.5 Å². The summed E-state index contributed by atoms with van der Waals surface area (Å²) in [5.74, 6) is 1.91. The number of carbonyl (C=O) groups excluding carboxylic acids is 2. The maximum atomic E-state index is 13.7. The minimum atomic E-state index is -0.725. The third-order valence-corrected chi connectivity index (χ3v) is 8.83. The molecule has 1 spiro atoms. The number of unbranched alkanes of at least 4 members (excludes halogenated alkanes) is 1.